The molecule has 31 heavy (non-hydrogen) atoms. The Hall–Kier alpha value is -3.86. The summed E-state index contributed by atoms with van der Waals surface area (Å²) in [6.45, 7) is 4.71. The van der Waals surface area contributed by atoms with Crippen molar-refractivity contribution in [3.8, 4) is 11.5 Å². The highest BCUT2D eigenvalue weighted by atomic mass is 16.5. The van der Waals surface area contributed by atoms with Crippen LogP contribution < -0.4 is 14.8 Å². The van der Waals surface area contributed by atoms with Gasteiger partial charge in [0.25, 0.3) is 5.91 Å². The van der Waals surface area contributed by atoms with E-state index >= 15 is 0 Å². The summed E-state index contributed by atoms with van der Waals surface area (Å²) < 4.78 is 10.8. The van der Waals surface area contributed by atoms with Gasteiger partial charge >= 0.3 is 5.97 Å². The van der Waals surface area contributed by atoms with Crippen molar-refractivity contribution in [2.24, 2.45) is 0 Å². The van der Waals surface area contributed by atoms with E-state index in [0.717, 1.165) is 29.0 Å². The first-order valence-electron chi connectivity index (χ1n) is 10.1. The van der Waals surface area contributed by atoms with Gasteiger partial charge < -0.3 is 14.8 Å². The highest BCUT2D eigenvalue weighted by molar-refractivity contribution is 6.04. The molecule has 3 rings (SSSR count). The van der Waals surface area contributed by atoms with Gasteiger partial charge in [-0.05, 0) is 73.5 Å². The van der Waals surface area contributed by atoms with E-state index in [-0.39, 0.29) is 5.91 Å². The van der Waals surface area contributed by atoms with Crippen LogP contribution in [0.1, 0.15) is 34.8 Å². The van der Waals surface area contributed by atoms with Crippen molar-refractivity contribution in [3.63, 3.8) is 0 Å². The van der Waals surface area contributed by atoms with Crippen molar-refractivity contribution in [2.45, 2.75) is 20.3 Å². The Bertz CT molecular complexity index is 1040. The minimum Gasteiger partial charge on any atom is -0.494 e. The van der Waals surface area contributed by atoms with Crippen molar-refractivity contribution < 1.29 is 19.1 Å². The zero-order valence-electron chi connectivity index (χ0n) is 17.6. The summed E-state index contributed by atoms with van der Waals surface area (Å²) in [4.78, 5) is 24.4. The van der Waals surface area contributed by atoms with Crippen LogP contribution in [0.5, 0.6) is 11.5 Å². The fourth-order valence-corrected chi connectivity index (χ4v) is 2.72. The standard InChI is InChI=1S/C26H25NO4/c1-3-18-30-23-13-6-20(7-14-23)8-17-25(28)31-24-15-9-21(10-16-24)26(29)27-22-11-4-19(2)5-12-22/h4-17H,3,18H2,1-2H3,(H,27,29)/b17-8+. The largest absolute Gasteiger partial charge is 0.494 e. The molecule has 0 heterocycles. The van der Waals surface area contributed by atoms with Crippen molar-refractivity contribution >= 4 is 23.6 Å². The van der Waals surface area contributed by atoms with Crippen molar-refractivity contribution in [1.29, 1.82) is 0 Å². The van der Waals surface area contributed by atoms with Crippen LogP contribution in [-0.4, -0.2) is 18.5 Å². The molecule has 0 aliphatic carbocycles. The maximum atomic E-state index is 12.3. The lowest BCUT2D eigenvalue weighted by molar-refractivity contribution is -0.128. The number of hydrogen-bond donors (Lipinski definition) is 1. The number of aryl methyl sites for hydroxylation is 1. The maximum Gasteiger partial charge on any atom is 0.336 e. The van der Waals surface area contributed by atoms with E-state index in [2.05, 4.69) is 12.2 Å². The summed E-state index contributed by atoms with van der Waals surface area (Å²) in [5, 5.41) is 2.83. The number of carbonyl (C=O) groups excluding carboxylic acids is 2. The molecule has 158 valence electrons. The first kappa shape index (κ1) is 21.8. The number of ether oxygens (including phenoxy) is 2. The van der Waals surface area contributed by atoms with Crippen LogP contribution in [-0.2, 0) is 4.79 Å². The number of hydrogen-bond acceptors (Lipinski definition) is 4. The second-order valence-corrected chi connectivity index (χ2v) is 7.02. The van der Waals surface area contributed by atoms with E-state index < -0.39 is 5.97 Å². The van der Waals surface area contributed by atoms with Gasteiger partial charge in [0, 0.05) is 17.3 Å². The zero-order valence-corrected chi connectivity index (χ0v) is 17.6. The summed E-state index contributed by atoms with van der Waals surface area (Å²) >= 11 is 0. The number of carbonyl (C=O) groups is 2. The van der Waals surface area contributed by atoms with Gasteiger partial charge in [-0.2, -0.15) is 0 Å². The molecule has 0 fully saturated rings. The molecule has 0 atom stereocenters. The average Bonchev–Trinajstić information content (AvgIpc) is 2.79. The van der Waals surface area contributed by atoms with Crippen LogP contribution in [0.2, 0.25) is 0 Å². The lowest BCUT2D eigenvalue weighted by Gasteiger charge is -2.07. The van der Waals surface area contributed by atoms with Gasteiger partial charge in [-0.3, -0.25) is 4.79 Å². The summed E-state index contributed by atoms with van der Waals surface area (Å²) in [7, 11) is 0. The predicted octanol–water partition coefficient (Wildman–Crippen LogP) is 5.65. The molecule has 0 unspecified atom stereocenters. The van der Waals surface area contributed by atoms with E-state index in [1.54, 1.807) is 30.3 Å². The quantitative estimate of drug-likeness (QED) is 0.293. The molecule has 1 N–H and O–H groups in total. The smallest absolute Gasteiger partial charge is 0.336 e. The molecule has 0 bridgehead atoms. The predicted molar refractivity (Wildman–Crippen MR) is 122 cm³/mol. The van der Waals surface area contributed by atoms with E-state index in [0.29, 0.717) is 17.9 Å². The molecule has 5 heteroatoms. The minimum atomic E-state index is -0.497. The lowest BCUT2D eigenvalue weighted by Crippen LogP contribution is -2.12. The van der Waals surface area contributed by atoms with Crippen LogP contribution in [0.15, 0.2) is 78.9 Å². The summed E-state index contributed by atoms with van der Waals surface area (Å²) in [5.41, 5.74) is 3.18. The molecule has 0 spiro atoms. The van der Waals surface area contributed by atoms with Crippen LogP contribution in [0.4, 0.5) is 5.69 Å². The van der Waals surface area contributed by atoms with Crippen LogP contribution in [0, 0.1) is 6.92 Å². The van der Waals surface area contributed by atoms with Crippen molar-refractivity contribution in [2.75, 3.05) is 11.9 Å². The van der Waals surface area contributed by atoms with Gasteiger partial charge in [-0.25, -0.2) is 4.79 Å². The Kier molecular flexibility index (Phi) is 7.60. The molecule has 3 aromatic rings. The maximum absolute atomic E-state index is 12.3. The topological polar surface area (TPSA) is 64.6 Å². The second-order valence-electron chi connectivity index (χ2n) is 7.02. The van der Waals surface area contributed by atoms with Gasteiger partial charge in [0.15, 0.2) is 0 Å². The van der Waals surface area contributed by atoms with E-state index in [4.69, 9.17) is 9.47 Å². The molecule has 0 saturated carbocycles. The molecule has 1 amide bonds. The Labute approximate surface area is 182 Å². The fourth-order valence-electron chi connectivity index (χ4n) is 2.72. The molecular weight excluding hydrogens is 390 g/mol. The van der Waals surface area contributed by atoms with Crippen LogP contribution in [0.3, 0.4) is 0 Å². The Balaban J connectivity index is 1.52. The molecule has 3 aromatic carbocycles. The number of benzene rings is 3. The monoisotopic (exact) mass is 415 g/mol. The minimum absolute atomic E-state index is 0.229. The Morgan fingerprint density at radius 3 is 2.16 bits per heavy atom. The Morgan fingerprint density at radius 1 is 0.871 bits per heavy atom. The number of rotatable bonds is 8. The van der Waals surface area contributed by atoms with Gasteiger partial charge in [0.2, 0.25) is 0 Å². The normalized spacial score (nSPS) is 10.6. The number of nitrogens with one attached hydrogen (secondary N) is 1. The Morgan fingerprint density at radius 2 is 1.52 bits per heavy atom. The average molecular weight is 415 g/mol. The van der Waals surface area contributed by atoms with E-state index in [1.807, 2.05) is 55.5 Å². The van der Waals surface area contributed by atoms with E-state index in [9.17, 15) is 9.59 Å². The third-order valence-electron chi connectivity index (χ3n) is 4.41. The number of amides is 1. The molecule has 0 aromatic heterocycles. The number of anilines is 1. The molecular formula is C26H25NO4. The molecule has 0 radical (unpaired) electrons. The summed E-state index contributed by atoms with van der Waals surface area (Å²) in [5.74, 6) is 0.439. The third kappa shape index (κ3) is 6.85. The second kappa shape index (κ2) is 10.8. The summed E-state index contributed by atoms with van der Waals surface area (Å²) in [6, 6.07) is 21.4. The van der Waals surface area contributed by atoms with Crippen LogP contribution >= 0.6 is 0 Å². The molecule has 0 aliphatic heterocycles. The van der Waals surface area contributed by atoms with Crippen LogP contribution in [0.25, 0.3) is 6.08 Å². The third-order valence-corrected chi connectivity index (χ3v) is 4.41. The first-order valence-corrected chi connectivity index (χ1v) is 10.1. The first-order chi connectivity index (χ1) is 15.0. The molecule has 0 saturated heterocycles. The van der Waals surface area contributed by atoms with Gasteiger partial charge in [0.1, 0.15) is 11.5 Å². The highest BCUT2D eigenvalue weighted by Gasteiger charge is 2.07. The van der Waals surface area contributed by atoms with Crippen molar-refractivity contribution in [1.82, 2.24) is 0 Å². The van der Waals surface area contributed by atoms with Gasteiger partial charge in [-0.1, -0.05) is 36.8 Å². The van der Waals surface area contributed by atoms with Crippen molar-refractivity contribution in [3.05, 3.63) is 95.6 Å². The van der Waals surface area contributed by atoms with Gasteiger partial charge in [0.05, 0.1) is 6.61 Å². The van der Waals surface area contributed by atoms with Gasteiger partial charge in [-0.15, -0.1) is 0 Å². The highest BCUT2D eigenvalue weighted by Crippen LogP contribution is 2.16. The van der Waals surface area contributed by atoms with E-state index in [1.165, 1.54) is 6.08 Å². The molecule has 5 nitrogen and oxygen atoms in total. The lowest BCUT2D eigenvalue weighted by atomic mass is 10.2. The SMILES string of the molecule is CCCOc1ccc(/C=C/C(=O)Oc2ccc(C(=O)Nc3ccc(C)cc3)cc2)cc1. The zero-order chi connectivity index (χ0) is 22.1. The number of esters is 1. The summed E-state index contributed by atoms with van der Waals surface area (Å²) in [6.07, 6.45) is 3.99. The fraction of sp³-hybridized carbons (Fsp3) is 0.154. The molecule has 0 aliphatic rings.